The second kappa shape index (κ2) is 7.11. The van der Waals surface area contributed by atoms with E-state index in [9.17, 15) is 13.2 Å². The van der Waals surface area contributed by atoms with Crippen molar-refractivity contribution in [1.29, 1.82) is 0 Å². The first-order valence-corrected chi connectivity index (χ1v) is 10.4. The lowest BCUT2D eigenvalue weighted by Crippen LogP contribution is -2.36. The van der Waals surface area contributed by atoms with Gasteiger partial charge in [-0.2, -0.15) is 0 Å². The number of hydrogen-bond donors (Lipinski definition) is 1. The number of hydrogen-bond acceptors (Lipinski definition) is 3. The second-order valence-electron chi connectivity index (χ2n) is 6.69. The largest absolute Gasteiger partial charge is 0.322 e. The van der Waals surface area contributed by atoms with Crippen molar-refractivity contribution in [3.05, 3.63) is 58.7 Å². The molecule has 0 radical (unpaired) electrons. The molecule has 0 aliphatic carbocycles. The molecule has 0 bridgehead atoms. The van der Waals surface area contributed by atoms with E-state index in [2.05, 4.69) is 5.32 Å². The van der Waals surface area contributed by atoms with Crippen molar-refractivity contribution < 1.29 is 13.2 Å². The number of rotatable bonds is 4. The van der Waals surface area contributed by atoms with E-state index in [0.29, 0.717) is 17.8 Å². The van der Waals surface area contributed by atoms with Gasteiger partial charge in [0.2, 0.25) is 10.0 Å². The molecule has 1 aliphatic heterocycles. The summed E-state index contributed by atoms with van der Waals surface area (Å²) in [5, 5.41) is 2.93. The molecule has 2 aromatic rings. The minimum Gasteiger partial charge on any atom is -0.322 e. The molecule has 0 aromatic heterocycles. The Bertz CT molecular complexity index is 952. The summed E-state index contributed by atoms with van der Waals surface area (Å²) in [6.45, 7) is 6.08. The molecule has 0 saturated carbocycles. The number of aryl methyl sites for hydroxylation is 3. The summed E-state index contributed by atoms with van der Waals surface area (Å²) in [6, 6.07) is 11.2. The summed E-state index contributed by atoms with van der Waals surface area (Å²) >= 11 is 0. The highest BCUT2D eigenvalue weighted by Crippen LogP contribution is 2.32. The highest BCUT2D eigenvalue weighted by molar-refractivity contribution is 7.92. The van der Waals surface area contributed by atoms with Crippen LogP contribution in [0, 0.1) is 13.8 Å². The zero-order valence-electron chi connectivity index (χ0n) is 15.4. The molecule has 1 aliphatic rings. The number of anilines is 2. The van der Waals surface area contributed by atoms with Crippen LogP contribution in [0.4, 0.5) is 11.4 Å². The highest BCUT2D eigenvalue weighted by Gasteiger charge is 2.26. The Hall–Kier alpha value is -2.34. The molecule has 1 N–H and O–H groups in total. The van der Waals surface area contributed by atoms with E-state index >= 15 is 0 Å². The lowest BCUT2D eigenvalue weighted by Gasteiger charge is -2.30. The molecule has 3 rings (SSSR count). The molecule has 1 heterocycles. The van der Waals surface area contributed by atoms with Gasteiger partial charge in [-0.1, -0.05) is 17.7 Å². The number of carbonyl (C=O) groups is 1. The zero-order valence-corrected chi connectivity index (χ0v) is 16.2. The van der Waals surface area contributed by atoms with Crippen molar-refractivity contribution in [1.82, 2.24) is 0 Å². The Balaban J connectivity index is 1.86. The van der Waals surface area contributed by atoms with Gasteiger partial charge < -0.3 is 5.32 Å². The highest BCUT2D eigenvalue weighted by atomic mass is 32.2. The first-order chi connectivity index (χ1) is 12.3. The Kier molecular flexibility index (Phi) is 5.05. The molecule has 0 unspecified atom stereocenters. The molecule has 5 nitrogen and oxygen atoms in total. The van der Waals surface area contributed by atoms with Gasteiger partial charge in [0.25, 0.3) is 5.91 Å². The van der Waals surface area contributed by atoms with Gasteiger partial charge in [-0.15, -0.1) is 0 Å². The standard InChI is InChI=1S/C20H24N2O3S/c1-4-26(24,25)22-11-5-6-16-13-17(8-10-19(16)22)21-20(23)18-9-7-14(2)12-15(18)3/h7-10,12-13H,4-6,11H2,1-3H3,(H,21,23). The number of sulfonamides is 1. The smallest absolute Gasteiger partial charge is 0.255 e. The van der Waals surface area contributed by atoms with Crippen molar-refractivity contribution in [2.75, 3.05) is 21.9 Å². The van der Waals surface area contributed by atoms with Gasteiger partial charge in [-0.25, -0.2) is 8.42 Å². The van der Waals surface area contributed by atoms with E-state index < -0.39 is 10.0 Å². The van der Waals surface area contributed by atoms with E-state index in [1.165, 1.54) is 4.31 Å². The third kappa shape index (κ3) is 3.60. The topological polar surface area (TPSA) is 66.5 Å². The van der Waals surface area contributed by atoms with Crippen LogP contribution in [0.25, 0.3) is 0 Å². The predicted molar refractivity (Wildman–Crippen MR) is 105 cm³/mol. The molecular weight excluding hydrogens is 348 g/mol. The van der Waals surface area contributed by atoms with E-state index in [1.54, 1.807) is 19.1 Å². The number of benzene rings is 2. The van der Waals surface area contributed by atoms with Gasteiger partial charge in [0, 0.05) is 17.8 Å². The molecular formula is C20H24N2O3S. The zero-order chi connectivity index (χ0) is 18.9. The van der Waals surface area contributed by atoms with Crippen LogP contribution in [0.3, 0.4) is 0 Å². The SMILES string of the molecule is CCS(=O)(=O)N1CCCc2cc(NC(=O)c3ccc(C)cc3C)ccc21. The van der Waals surface area contributed by atoms with E-state index in [-0.39, 0.29) is 11.7 Å². The molecule has 0 fully saturated rings. The van der Waals surface area contributed by atoms with Crippen molar-refractivity contribution >= 4 is 27.3 Å². The third-order valence-corrected chi connectivity index (χ3v) is 6.52. The minimum absolute atomic E-state index is 0.0810. The molecule has 0 atom stereocenters. The predicted octanol–water partition coefficient (Wildman–Crippen LogP) is 3.66. The van der Waals surface area contributed by atoms with Crippen LogP contribution in [0.1, 0.15) is 40.4 Å². The summed E-state index contributed by atoms with van der Waals surface area (Å²) in [5.74, 6) is -0.0752. The Morgan fingerprint density at radius 1 is 1.15 bits per heavy atom. The second-order valence-corrected chi connectivity index (χ2v) is 8.87. The number of carbonyl (C=O) groups excluding carboxylic acids is 1. The van der Waals surface area contributed by atoms with E-state index in [4.69, 9.17) is 0 Å². The van der Waals surface area contributed by atoms with Crippen LogP contribution in [-0.2, 0) is 16.4 Å². The number of amides is 1. The van der Waals surface area contributed by atoms with Gasteiger partial charge in [0.15, 0.2) is 0 Å². The van der Waals surface area contributed by atoms with Crippen LogP contribution in [0.15, 0.2) is 36.4 Å². The number of nitrogens with one attached hydrogen (secondary N) is 1. The molecule has 26 heavy (non-hydrogen) atoms. The van der Waals surface area contributed by atoms with Crippen molar-refractivity contribution in [2.45, 2.75) is 33.6 Å². The quantitative estimate of drug-likeness (QED) is 0.891. The monoisotopic (exact) mass is 372 g/mol. The summed E-state index contributed by atoms with van der Waals surface area (Å²) < 4.78 is 26.1. The Morgan fingerprint density at radius 2 is 1.92 bits per heavy atom. The number of nitrogens with zero attached hydrogens (tertiary/aromatic N) is 1. The lowest BCUT2D eigenvalue weighted by atomic mass is 10.0. The molecule has 6 heteroatoms. The van der Waals surface area contributed by atoms with Crippen LogP contribution in [0.2, 0.25) is 0 Å². The fourth-order valence-corrected chi connectivity index (χ4v) is 4.55. The van der Waals surface area contributed by atoms with E-state index in [0.717, 1.165) is 35.2 Å². The average Bonchev–Trinajstić information content (AvgIpc) is 2.60. The Morgan fingerprint density at radius 3 is 2.62 bits per heavy atom. The summed E-state index contributed by atoms with van der Waals surface area (Å²) in [6.07, 6.45) is 1.58. The van der Waals surface area contributed by atoms with Crippen LogP contribution >= 0.6 is 0 Å². The van der Waals surface area contributed by atoms with Crippen LogP contribution in [-0.4, -0.2) is 26.6 Å². The number of fused-ring (bicyclic) bond motifs is 1. The van der Waals surface area contributed by atoms with Gasteiger partial charge in [-0.05, 0) is 69.0 Å². The molecule has 0 saturated heterocycles. The summed E-state index contributed by atoms with van der Waals surface area (Å²) in [4.78, 5) is 12.6. The van der Waals surface area contributed by atoms with Gasteiger partial charge >= 0.3 is 0 Å². The molecule has 1 amide bonds. The first kappa shape index (κ1) is 18.5. The maximum Gasteiger partial charge on any atom is 0.255 e. The fraction of sp³-hybridized carbons (Fsp3) is 0.350. The average molecular weight is 372 g/mol. The maximum atomic E-state index is 12.6. The maximum absolute atomic E-state index is 12.6. The first-order valence-electron chi connectivity index (χ1n) is 8.84. The lowest BCUT2D eigenvalue weighted by molar-refractivity contribution is 0.102. The van der Waals surface area contributed by atoms with Crippen molar-refractivity contribution in [2.24, 2.45) is 0 Å². The molecule has 2 aromatic carbocycles. The van der Waals surface area contributed by atoms with Gasteiger partial charge in [0.1, 0.15) is 0 Å². The van der Waals surface area contributed by atoms with Crippen LogP contribution < -0.4 is 9.62 Å². The van der Waals surface area contributed by atoms with E-state index in [1.807, 2.05) is 38.1 Å². The minimum atomic E-state index is -3.28. The van der Waals surface area contributed by atoms with Crippen molar-refractivity contribution in [3.63, 3.8) is 0 Å². The third-order valence-electron chi connectivity index (χ3n) is 4.74. The van der Waals surface area contributed by atoms with Crippen molar-refractivity contribution in [3.8, 4) is 0 Å². The Labute approximate surface area is 155 Å². The normalized spacial score (nSPS) is 14.0. The summed E-state index contributed by atoms with van der Waals surface area (Å²) in [7, 11) is -3.28. The molecule has 138 valence electrons. The van der Waals surface area contributed by atoms with Gasteiger partial charge in [-0.3, -0.25) is 9.10 Å². The van der Waals surface area contributed by atoms with Gasteiger partial charge in [0.05, 0.1) is 11.4 Å². The van der Waals surface area contributed by atoms with Crippen LogP contribution in [0.5, 0.6) is 0 Å². The summed E-state index contributed by atoms with van der Waals surface area (Å²) in [5.41, 5.74) is 5.05. The fourth-order valence-electron chi connectivity index (χ4n) is 3.35. The molecule has 0 spiro atoms.